The number of rotatable bonds is 6. The van der Waals surface area contributed by atoms with Gasteiger partial charge in [0.2, 0.25) is 0 Å². The third-order valence-corrected chi connectivity index (χ3v) is 5.92. The SMILES string of the molecule is CC(C)(C)O.CC(C)(C)O.CC(C)(C)O.CC(C)(C)OO.CC(C)(C)OO.CC(C)(C)OOC(C)(C)C.CC(C)(C)OOC(C)(C)C.CC(C)C.CC(C)C.CC(C)CC(C)(C)C.O.[CH2+]C(C)(C)C(C)(C)C.[CH2+]C(C)CCC(C)C. The van der Waals surface area contributed by atoms with E-state index < -0.39 is 28.0 Å². The molecule has 1 atom stereocenters. The number of aliphatic hydroxyl groups is 3. The highest BCUT2D eigenvalue weighted by molar-refractivity contribution is 4.83. The van der Waals surface area contributed by atoms with Crippen LogP contribution in [-0.4, -0.2) is 81.7 Å². The van der Waals surface area contributed by atoms with Gasteiger partial charge in [-0.15, -0.1) is 0 Å². The van der Waals surface area contributed by atoms with E-state index in [1.807, 2.05) is 83.1 Å². The molecule has 0 radical (unpaired) electrons. The van der Waals surface area contributed by atoms with E-state index in [2.05, 4.69) is 155 Å². The second-order valence-corrected chi connectivity index (χ2v) is 34.5. The summed E-state index contributed by atoms with van der Waals surface area (Å²) in [5, 5.41) is 41.4. The summed E-state index contributed by atoms with van der Waals surface area (Å²) in [7, 11) is 0. The van der Waals surface area contributed by atoms with Gasteiger partial charge in [0.15, 0.2) is 0 Å². The normalized spacial score (nSPS) is 12.5. The van der Waals surface area contributed by atoms with E-state index in [1.165, 1.54) is 19.3 Å². The van der Waals surface area contributed by atoms with E-state index in [4.69, 9.17) is 45.4 Å². The molecular weight excluding hydrogens is 1010 g/mol. The fourth-order valence-corrected chi connectivity index (χ4v) is 2.34. The summed E-state index contributed by atoms with van der Waals surface area (Å²) in [6.07, 6.45) is 3.93. The molecule has 12 nitrogen and oxygen atoms in total. The summed E-state index contributed by atoms with van der Waals surface area (Å²) < 4.78 is 0. The van der Waals surface area contributed by atoms with Crippen molar-refractivity contribution in [1.29, 1.82) is 0 Å². The minimum atomic E-state index is -0.500. The molecule has 7 N–H and O–H groups in total. The molecule has 12 heteroatoms. The summed E-state index contributed by atoms with van der Waals surface area (Å²) in [5.41, 5.74) is -2.13. The second kappa shape index (κ2) is 51.5. The smallest absolute Gasteiger partial charge is 0.105 e. The van der Waals surface area contributed by atoms with Crippen molar-refractivity contribution in [2.75, 3.05) is 0 Å². The van der Waals surface area contributed by atoms with Crippen LogP contribution in [0.25, 0.3) is 0 Å². The van der Waals surface area contributed by atoms with Crippen LogP contribution >= 0.6 is 0 Å². The minimum Gasteiger partial charge on any atom is -0.412 e. The Bertz CT molecular complexity index is 1040. The van der Waals surface area contributed by atoms with E-state index in [0.29, 0.717) is 16.7 Å². The molecule has 0 rings (SSSR count). The molecule has 0 bridgehead atoms. The van der Waals surface area contributed by atoms with Crippen molar-refractivity contribution >= 4 is 0 Å². The summed E-state index contributed by atoms with van der Waals surface area (Å²) >= 11 is 0. The molecule has 0 heterocycles. The quantitative estimate of drug-likeness (QED) is 0.0967. The molecule has 0 aromatic rings. The maximum atomic E-state index is 8.52. The van der Waals surface area contributed by atoms with Crippen molar-refractivity contribution in [3.05, 3.63) is 13.8 Å². The zero-order valence-corrected chi connectivity index (χ0v) is 63.6. The van der Waals surface area contributed by atoms with Crippen LogP contribution in [0.15, 0.2) is 0 Å². The van der Waals surface area contributed by atoms with Crippen LogP contribution in [0.2, 0.25) is 0 Å². The highest BCUT2D eigenvalue weighted by Crippen LogP contribution is 2.36. The monoisotopic (exact) mass is 1170 g/mol. The third-order valence-electron chi connectivity index (χ3n) is 5.92. The number of hydrogen-bond donors (Lipinski definition) is 5. The van der Waals surface area contributed by atoms with Crippen LogP contribution in [-0.2, 0) is 29.3 Å². The molecule has 80 heavy (non-hydrogen) atoms. The van der Waals surface area contributed by atoms with Crippen LogP contribution in [0.4, 0.5) is 0 Å². The van der Waals surface area contributed by atoms with Gasteiger partial charge < -0.3 is 20.8 Å². The van der Waals surface area contributed by atoms with Gasteiger partial charge in [0, 0.05) is 5.41 Å². The van der Waals surface area contributed by atoms with Crippen LogP contribution in [0, 0.1) is 59.7 Å². The highest BCUT2D eigenvalue weighted by Gasteiger charge is 2.34. The van der Waals surface area contributed by atoms with E-state index in [0.717, 1.165) is 23.7 Å². The molecule has 502 valence electrons. The van der Waals surface area contributed by atoms with Gasteiger partial charge in [-0.2, -0.15) is 0 Å². The van der Waals surface area contributed by atoms with Crippen LogP contribution in [0.1, 0.15) is 338 Å². The zero-order valence-electron chi connectivity index (χ0n) is 63.6. The molecule has 0 aliphatic rings. The first-order chi connectivity index (χ1) is 33.3. The van der Waals surface area contributed by atoms with Crippen molar-refractivity contribution in [3.8, 4) is 0 Å². The first-order valence-corrected chi connectivity index (χ1v) is 29.5. The average molecular weight is 1170 g/mol. The summed E-state index contributed by atoms with van der Waals surface area (Å²) in [5.74, 6) is 3.99. The first-order valence-electron chi connectivity index (χ1n) is 29.5. The lowest BCUT2D eigenvalue weighted by Gasteiger charge is -2.28. The predicted molar refractivity (Wildman–Crippen MR) is 357 cm³/mol. The van der Waals surface area contributed by atoms with E-state index in [-0.39, 0.29) is 33.3 Å². The van der Waals surface area contributed by atoms with Crippen molar-refractivity contribution in [3.63, 3.8) is 0 Å². The fourth-order valence-electron chi connectivity index (χ4n) is 2.34. The fraction of sp³-hybridized carbons (Fsp3) is 0.971. The Hall–Kier alpha value is -0.740. The lowest BCUT2D eigenvalue weighted by Crippen LogP contribution is -2.27. The highest BCUT2D eigenvalue weighted by atomic mass is 17.2. The van der Waals surface area contributed by atoms with Gasteiger partial charge in [-0.1, -0.05) is 111 Å². The molecule has 0 aromatic heterocycles. The third kappa shape index (κ3) is 307. The van der Waals surface area contributed by atoms with Gasteiger partial charge in [-0.05, 0) is 256 Å². The van der Waals surface area contributed by atoms with E-state index >= 15 is 0 Å². The van der Waals surface area contributed by atoms with Gasteiger partial charge in [-0.25, -0.2) is 29.3 Å². The molecule has 0 aliphatic heterocycles. The Morgan fingerprint density at radius 3 is 0.487 bits per heavy atom. The molecule has 1 unspecified atom stereocenters. The standard InChI is InChI=1S/2C8H18O2.C8H18.2C8H17.2C4H10O2.3C4H10O.2C4H10.H2O/c2*1-7(2,3)9-10-8(4,5)6;1-7(2)6-8(3,4)5;1-7(2,3)8(4,5)6;1-7(2)5-6-8(3)4;2*1-4(2,3)6-5;3*1-4(2,3)5;2*1-4(2)3;/h2*1-6H3;7H,6H2,1-5H3;1H2,2-6H3;7-8H,1,5-6H2,2-4H3;2*5H,1-3H3;3*5H,1-3H3;2*4H,1-3H3;1H2/q;;;2*+1;;;;;;;;. The first kappa shape index (κ1) is 111. The van der Waals surface area contributed by atoms with Gasteiger partial charge in [0.1, 0.15) is 5.41 Å². The molecule has 0 spiro atoms. The molecular formula is C68H160O12+2. The van der Waals surface area contributed by atoms with E-state index in [1.54, 1.807) is 104 Å². The van der Waals surface area contributed by atoms with Gasteiger partial charge in [0.25, 0.3) is 0 Å². The molecule has 0 aliphatic carbocycles. The number of hydrogen-bond acceptors (Lipinski definition) is 11. The van der Waals surface area contributed by atoms with Gasteiger partial charge in [-0.3, -0.25) is 10.5 Å². The predicted octanol–water partition coefficient (Wildman–Crippen LogP) is 21.3. The van der Waals surface area contributed by atoms with Crippen LogP contribution < -0.4 is 0 Å². The average Bonchev–Trinajstić information content (AvgIpc) is 3.04. The largest absolute Gasteiger partial charge is 0.412 e. The molecule has 0 saturated heterocycles. The van der Waals surface area contributed by atoms with Crippen molar-refractivity contribution in [2.45, 2.75) is 388 Å². The zero-order chi connectivity index (χ0) is 68.3. The van der Waals surface area contributed by atoms with E-state index in [9.17, 15) is 0 Å². The second-order valence-electron chi connectivity index (χ2n) is 34.5. The molecule has 0 aromatic carbocycles. The Morgan fingerprint density at radius 1 is 0.325 bits per heavy atom. The summed E-state index contributed by atoms with van der Waals surface area (Å²) in [6, 6.07) is 0. The Labute approximate surface area is 506 Å². The van der Waals surface area contributed by atoms with Crippen LogP contribution in [0.3, 0.4) is 0 Å². The van der Waals surface area contributed by atoms with Crippen molar-refractivity contribution in [1.82, 2.24) is 0 Å². The van der Waals surface area contributed by atoms with Gasteiger partial charge in [0.05, 0.1) is 70.2 Å². The summed E-state index contributed by atoms with van der Waals surface area (Å²) in [6.45, 7) is 99.8. The molecule has 0 saturated carbocycles. The maximum Gasteiger partial charge on any atom is 0.105 e. The van der Waals surface area contributed by atoms with Gasteiger partial charge >= 0.3 is 0 Å². The Morgan fingerprint density at radius 2 is 0.463 bits per heavy atom. The lowest BCUT2D eigenvalue weighted by molar-refractivity contribution is -0.393. The van der Waals surface area contributed by atoms with Crippen molar-refractivity contribution < 1.29 is 60.6 Å². The maximum absolute atomic E-state index is 8.52. The lowest BCUT2D eigenvalue weighted by atomic mass is 9.71. The van der Waals surface area contributed by atoms with Crippen LogP contribution in [0.5, 0.6) is 0 Å². The van der Waals surface area contributed by atoms with Crippen molar-refractivity contribution in [2.24, 2.45) is 45.8 Å². The molecule has 0 amide bonds. The molecule has 0 fully saturated rings. The summed E-state index contributed by atoms with van der Waals surface area (Å²) in [4.78, 5) is 28.2. The minimum absolute atomic E-state index is 0. The Balaban J connectivity index is -0.0000000562. The Kier molecular flexibility index (Phi) is 71.1. The topological polar surface area (TPSA) is 188 Å².